The Morgan fingerprint density at radius 3 is 2.33 bits per heavy atom. The molecule has 2 unspecified atom stereocenters. The van der Waals surface area contributed by atoms with E-state index < -0.39 is 0 Å². The molecule has 0 aromatic rings. The van der Waals surface area contributed by atoms with Crippen molar-refractivity contribution in [2.75, 3.05) is 13.1 Å². The van der Waals surface area contributed by atoms with Gasteiger partial charge < -0.3 is 5.32 Å². The number of allylic oxidation sites excluding steroid dienone is 2. The van der Waals surface area contributed by atoms with Crippen LogP contribution in [0.1, 0.15) is 26.2 Å². The normalized spacial score (nSPS) is 26.4. The smallest absolute Gasteiger partial charge is 0.240 e. The summed E-state index contributed by atoms with van der Waals surface area (Å²) < 4.78 is 0. The second kappa shape index (κ2) is 5.33. The molecule has 1 N–H and O–H groups in total. The highest BCUT2D eigenvalue weighted by atomic mass is 16.2. The molecule has 2 aliphatic rings. The fourth-order valence-corrected chi connectivity index (χ4v) is 2.49. The van der Waals surface area contributed by atoms with Crippen molar-refractivity contribution in [3.05, 3.63) is 12.2 Å². The first-order valence-electron chi connectivity index (χ1n) is 6.42. The van der Waals surface area contributed by atoms with Crippen molar-refractivity contribution >= 4 is 17.7 Å². The van der Waals surface area contributed by atoms with Gasteiger partial charge in [0.2, 0.25) is 17.7 Å². The Balaban J connectivity index is 2.00. The van der Waals surface area contributed by atoms with E-state index >= 15 is 0 Å². The summed E-state index contributed by atoms with van der Waals surface area (Å²) in [6, 6.07) is 0. The van der Waals surface area contributed by atoms with Crippen LogP contribution in [0, 0.1) is 11.8 Å². The zero-order chi connectivity index (χ0) is 13.1. The molecule has 0 saturated carbocycles. The number of carbonyl (C=O) groups excluding carboxylic acids is 3. The molecule has 1 fully saturated rings. The van der Waals surface area contributed by atoms with Crippen LogP contribution in [0.25, 0.3) is 0 Å². The number of nitrogens with one attached hydrogen (secondary N) is 1. The molecule has 0 bridgehead atoms. The van der Waals surface area contributed by atoms with E-state index in [-0.39, 0.29) is 36.1 Å². The highest BCUT2D eigenvalue weighted by Gasteiger charge is 2.47. The Morgan fingerprint density at radius 1 is 1.28 bits per heavy atom. The van der Waals surface area contributed by atoms with Gasteiger partial charge in [-0.25, -0.2) is 0 Å². The fraction of sp³-hybridized carbons (Fsp3) is 0.615. The van der Waals surface area contributed by atoms with E-state index in [4.69, 9.17) is 0 Å². The lowest BCUT2D eigenvalue weighted by Gasteiger charge is -2.14. The maximum atomic E-state index is 12.1. The minimum atomic E-state index is -0.259. The Kier molecular flexibility index (Phi) is 3.79. The van der Waals surface area contributed by atoms with E-state index in [0.29, 0.717) is 19.4 Å². The summed E-state index contributed by atoms with van der Waals surface area (Å²) >= 11 is 0. The predicted octanol–water partition coefficient (Wildman–Crippen LogP) is 0.464. The lowest BCUT2D eigenvalue weighted by molar-refractivity contribution is -0.143. The van der Waals surface area contributed by atoms with Crippen molar-refractivity contribution < 1.29 is 14.4 Å². The minimum Gasteiger partial charge on any atom is -0.355 e. The largest absolute Gasteiger partial charge is 0.355 e. The highest BCUT2D eigenvalue weighted by Crippen LogP contribution is 2.34. The number of imide groups is 1. The van der Waals surface area contributed by atoms with Gasteiger partial charge in [0.05, 0.1) is 11.8 Å². The average molecular weight is 250 g/mol. The summed E-state index contributed by atoms with van der Waals surface area (Å²) in [6.45, 7) is 2.39. The first kappa shape index (κ1) is 12.8. The van der Waals surface area contributed by atoms with Crippen molar-refractivity contribution in [3.63, 3.8) is 0 Å². The van der Waals surface area contributed by atoms with Crippen molar-refractivity contribution in [2.45, 2.75) is 26.2 Å². The van der Waals surface area contributed by atoms with Crippen LogP contribution in [0.3, 0.4) is 0 Å². The van der Waals surface area contributed by atoms with Crippen LogP contribution in [-0.4, -0.2) is 35.7 Å². The van der Waals surface area contributed by atoms with Crippen LogP contribution >= 0.6 is 0 Å². The minimum absolute atomic E-state index is 0.134. The summed E-state index contributed by atoms with van der Waals surface area (Å²) in [5.74, 6) is -1.14. The van der Waals surface area contributed by atoms with Gasteiger partial charge >= 0.3 is 0 Å². The zero-order valence-corrected chi connectivity index (χ0v) is 10.5. The maximum absolute atomic E-state index is 12.1. The van der Waals surface area contributed by atoms with Crippen LogP contribution < -0.4 is 5.32 Å². The Labute approximate surface area is 106 Å². The molecule has 1 aliphatic heterocycles. The fourth-order valence-electron chi connectivity index (χ4n) is 2.49. The topological polar surface area (TPSA) is 66.5 Å². The molecular formula is C13H18N2O3. The Morgan fingerprint density at radius 2 is 1.83 bits per heavy atom. The van der Waals surface area contributed by atoms with Crippen LogP contribution in [0.2, 0.25) is 0 Å². The molecule has 1 heterocycles. The van der Waals surface area contributed by atoms with Gasteiger partial charge in [-0.2, -0.15) is 0 Å². The SMILES string of the molecule is CCCNC(=O)CN1C(=O)C2CC=CCC2C1=O. The van der Waals surface area contributed by atoms with Crippen LogP contribution in [-0.2, 0) is 14.4 Å². The molecular weight excluding hydrogens is 232 g/mol. The highest BCUT2D eigenvalue weighted by molar-refractivity contribution is 6.07. The number of nitrogens with zero attached hydrogens (tertiary/aromatic N) is 1. The molecule has 1 aliphatic carbocycles. The van der Waals surface area contributed by atoms with Crippen LogP contribution in [0.4, 0.5) is 0 Å². The first-order chi connectivity index (χ1) is 8.65. The third-order valence-corrected chi connectivity index (χ3v) is 3.47. The summed E-state index contributed by atoms with van der Waals surface area (Å²) in [5.41, 5.74) is 0. The summed E-state index contributed by atoms with van der Waals surface area (Å²) in [5, 5.41) is 2.68. The second-order valence-corrected chi connectivity index (χ2v) is 4.77. The predicted molar refractivity (Wildman–Crippen MR) is 65.4 cm³/mol. The molecule has 98 valence electrons. The van der Waals surface area contributed by atoms with Gasteiger partial charge in [0.25, 0.3) is 0 Å². The van der Waals surface area contributed by atoms with E-state index in [1.165, 1.54) is 0 Å². The molecule has 0 aromatic heterocycles. The van der Waals surface area contributed by atoms with Crippen LogP contribution in [0.15, 0.2) is 12.2 Å². The molecule has 2 atom stereocenters. The molecule has 5 nitrogen and oxygen atoms in total. The van der Waals surface area contributed by atoms with Crippen molar-refractivity contribution in [3.8, 4) is 0 Å². The quantitative estimate of drug-likeness (QED) is 0.582. The van der Waals surface area contributed by atoms with Crippen molar-refractivity contribution in [1.82, 2.24) is 10.2 Å². The van der Waals surface area contributed by atoms with Gasteiger partial charge in [0, 0.05) is 6.54 Å². The summed E-state index contributed by atoms with van der Waals surface area (Å²) in [7, 11) is 0. The number of rotatable bonds is 4. The molecule has 0 aromatic carbocycles. The van der Waals surface area contributed by atoms with E-state index in [1.807, 2.05) is 19.1 Å². The van der Waals surface area contributed by atoms with Crippen molar-refractivity contribution in [1.29, 1.82) is 0 Å². The van der Waals surface area contributed by atoms with E-state index in [1.54, 1.807) is 0 Å². The monoisotopic (exact) mass is 250 g/mol. The molecule has 0 spiro atoms. The number of amides is 3. The third kappa shape index (κ3) is 2.30. The number of hydrogen-bond donors (Lipinski definition) is 1. The number of carbonyl (C=O) groups is 3. The zero-order valence-electron chi connectivity index (χ0n) is 10.5. The van der Waals surface area contributed by atoms with Gasteiger partial charge in [-0.05, 0) is 19.3 Å². The number of likely N-dealkylation sites (tertiary alicyclic amines) is 1. The molecule has 18 heavy (non-hydrogen) atoms. The van der Waals surface area contributed by atoms with Crippen molar-refractivity contribution in [2.24, 2.45) is 11.8 Å². The number of fused-ring (bicyclic) bond motifs is 1. The third-order valence-electron chi connectivity index (χ3n) is 3.47. The lowest BCUT2D eigenvalue weighted by atomic mass is 9.85. The first-order valence-corrected chi connectivity index (χ1v) is 6.42. The standard InChI is InChI=1S/C13H18N2O3/c1-2-7-14-11(16)8-15-12(17)9-5-3-4-6-10(9)13(15)18/h3-4,9-10H,2,5-8H2,1H3,(H,14,16). The molecule has 3 amide bonds. The van der Waals surface area contributed by atoms with Crippen LogP contribution in [0.5, 0.6) is 0 Å². The van der Waals surface area contributed by atoms with Gasteiger partial charge in [-0.3, -0.25) is 19.3 Å². The van der Waals surface area contributed by atoms with E-state index in [0.717, 1.165) is 11.3 Å². The second-order valence-electron chi connectivity index (χ2n) is 4.77. The van der Waals surface area contributed by atoms with Gasteiger partial charge in [0.15, 0.2) is 0 Å². The average Bonchev–Trinajstić information content (AvgIpc) is 2.62. The molecule has 5 heteroatoms. The molecule has 1 saturated heterocycles. The van der Waals surface area contributed by atoms with E-state index in [9.17, 15) is 14.4 Å². The van der Waals surface area contributed by atoms with Gasteiger partial charge in [-0.15, -0.1) is 0 Å². The van der Waals surface area contributed by atoms with Gasteiger partial charge in [0.1, 0.15) is 6.54 Å². The Bertz CT molecular complexity index is 377. The molecule has 2 rings (SSSR count). The van der Waals surface area contributed by atoms with E-state index in [2.05, 4.69) is 5.32 Å². The number of hydrogen-bond acceptors (Lipinski definition) is 3. The van der Waals surface area contributed by atoms with Gasteiger partial charge in [-0.1, -0.05) is 19.1 Å². The maximum Gasteiger partial charge on any atom is 0.240 e. The lowest BCUT2D eigenvalue weighted by Crippen LogP contribution is -2.41. The summed E-state index contributed by atoms with van der Waals surface area (Å²) in [4.78, 5) is 36.8. The Hall–Kier alpha value is -1.65. The summed E-state index contributed by atoms with van der Waals surface area (Å²) in [6.07, 6.45) is 5.94. The molecule has 0 radical (unpaired) electrons.